The van der Waals surface area contributed by atoms with E-state index in [-0.39, 0.29) is 11.5 Å². The van der Waals surface area contributed by atoms with Crippen molar-refractivity contribution in [3.63, 3.8) is 0 Å². The summed E-state index contributed by atoms with van der Waals surface area (Å²) in [5.41, 5.74) is 2.28. The lowest BCUT2D eigenvalue weighted by Crippen LogP contribution is -2.44. The number of hydrogen-bond acceptors (Lipinski definition) is 4. The lowest BCUT2D eigenvalue weighted by molar-refractivity contribution is 0.137. The molecule has 0 aromatic heterocycles. The minimum absolute atomic E-state index is 0.0702. The summed E-state index contributed by atoms with van der Waals surface area (Å²) in [5, 5.41) is 10.1. The van der Waals surface area contributed by atoms with Gasteiger partial charge in [0.05, 0.1) is 13.2 Å². The number of hydrogen-bond donors (Lipinski definition) is 1. The Balaban J connectivity index is 1.62. The third kappa shape index (κ3) is 3.35. The highest BCUT2D eigenvalue weighted by Crippen LogP contribution is 2.47. The first-order valence-corrected chi connectivity index (χ1v) is 9.55. The molecule has 4 rings (SSSR count). The van der Waals surface area contributed by atoms with Crippen LogP contribution < -0.4 is 9.47 Å². The van der Waals surface area contributed by atoms with Crippen LogP contribution in [0, 0.1) is 0 Å². The van der Waals surface area contributed by atoms with E-state index in [4.69, 9.17) is 9.47 Å². The van der Waals surface area contributed by atoms with Crippen LogP contribution >= 0.6 is 0 Å². The van der Waals surface area contributed by atoms with Crippen LogP contribution in [0.4, 0.5) is 0 Å². The average molecular weight is 365 g/mol. The number of benzene rings is 2. The van der Waals surface area contributed by atoms with Crippen molar-refractivity contribution in [2.24, 2.45) is 0 Å². The standard InChI is InChI=1S/C23H27NO3/c1-24-13-12-23(11-10-19(25)15-22(23)24)18-8-9-20(21(14-18)26-2)27-16-17-6-4-3-5-7-17/h3-11,14,19,22,25H,12-13,15-16H2,1-2H3/t19-,22-,23-/m0/s1. The van der Waals surface area contributed by atoms with Crippen LogP contribution in [-0.2, 0) is 12.0 Å². The fraction of sp³-hybridized carbons (Fsp3) is 0.391. The van der Waals surface area contributed by atoms with Gasteiger partial charge in [0.15, 0.2) is 11.5 Å². The maximum atomic E-state index is 10.1. The molecule has 1 saturated heterocycles. The molecule has 0 bridgehead atoms. The summed E-state index contributed by atoms with van der Waals surface area (Å²) >= 11 is 0. The van der Waals surface area contributed by atoms with Crippen molar-refractivity contribution in [1.82, 2.24) is 4.90 Å². The molecule has 27 heavy (non-hydrogen) atoms. The number of aliphatic hydroxyl groups is 1. The molecule has 1 aliphatic heterocycles. The molecule has 1 heterocycles. The minimum atomic E-state index is -0.362. The zero-order valence-electron chi connectivity index (χ0n) is 16.0. The van der Waals surface area contributed by atoms with E-state index in [2.05, 4.69) is 42.3 Å². The van der Waals surface area contributed by atoms with Crippen LogP contribution in [0.25, 0.3) is 0 Å². The normalized spacial score (nSPS) is 27.4. The van der Waals surface area contributed by atoms with Crippen LogP contribution in [0.15, 0.2) is 60.7 Å². The second kappa shape index (κ2) is 7.37. The van der Waals surface area contributed by atoms with Gasteiger partial charge in [-0.2, -0.15) is 0 Å². The molecule has 2 aliphatic rings. The number of nitrogens with zero attached hydrogens (tertiary/aromatic N) is 1. The lowest BCUT2D eigenvalue weighted by atomic mass is 9.69. The SMILES string of the molecule is COc1cc([C@@]23C=C[C@H](O)C[C@@H]2N(C)CC3)ccc1OCc1ccccc1. The number of aliphatic hydroxyl groups excluding tert-OH is 1. The van der Waals surface area contributed by atoms with Crippen molar-refractivity contribution in [3.05, 3.63) is 71.8 Å². The maximum absolute atomic E-state index is 10.1. The van der Waals surface area contributed by atoms with Gasteiger partial charge in [0.25, 0.3) is 0 Å². The third-order valence-electron chi connectivity index (χ3n) is 6.02. The van der Waals surface area contributed by atoms with E-state index in [1.54, 1.807) is 7.11 Å². The van der Waals surface area contributed by atoms with Crippen LogP contribution in [0.3, 0.4) is 0 Å². The summed E-state index contributed by atoms with van der Waals surface area (Å²) in [6.07, 6.45) is 5.60. The van der Waals surface area contributed by atoms with E-state index in [9.17, 15) is 5.11 Å². The molecule has 4 nitrogen and oxygen atoms in total. The van der Waals surface area contributed by atoms with Gasteiger partial charge >= 0.3 is 0 Å². The smallest absolute Gasteiger partial charge is 0.161 e. The molecule has 1 N–H and O–H groups in total. The average Bonchev–Trinajstić information content (AvgIpc) is 3.04. The molecular formula is C23H27NO3. The number of likely N-dealkylation sites (tertiary alicyclic amines) is 1. The van der Waals surface area contributed by atoms with Crippen molar-refractivity contribution in [1.29, 1.82) is 0 Å². The molecule has 4 heteroatoms. The first-order chi connectivity index (χ1) is 13.1. The summed E-state index contributed by atoms with van der Waals surface area (Å²) in [7, 11) is 3.83. The van der Waals surface area contributed by atoms with Crippen LogP contribution in [0.1, 0.15) is 24.0 Å². The number of ether oxygens (including phenoxy) is 2. The van der Waals surface area contributed by atoms with Crippen molar-refractivity contribution in [3.8, 4) is 11.5 Å². The van der Waals surface area contributed by atoms with Gasteiger partial charge in [0.2, 0.25) is 0 Å². The molecular weight excluding hydrogens is 338 g/mol. The molecule has 0 radical (unpaired) electrons. The Morgan fingerprint density at radius 3 is 2.74 bits per heavy atom. The molecule has 0 spiro atoms. The number of likely N-dealkylation sites (N-methyl/N-ethyl adjacent to an activating group) is 1. The molecule has 1 aliphatic carbocycles. The highest BCUT2D eigenvalue weighted by Gasteiger charge is 2.48. The molecule has 1 fully saturated rings. The van der Waals surface area contributed by atoms with E-state index < -0.39 is 0 Å². The number of rotatable bonds is 5. The fourth-order valence-electron chi connectivity index (χ4n) is 4.50. The minimum Gasteiger partial charge on any atom is -0.493 e. The quantitative estimate of drug-likeness (QED) is 0.823. The second-order valence-electron chi connectivity index (χ2n) is 7.59. The third-order valence-corrected chi connectivity index (χ3v) is 6.02. The number of methoxy groups -OCH3 is 1. The first kappa shape index (κ1) is 18.1. The van der Waals surface area contributed by atoms with Gasteiger partial charge < -0.3 is 19.5 Å². The highest BCUT2D eigenvalue weighted by atomic mass is 16.5. The summed E-state index contributed by atoms with van der Waals surface area (Å²) in [4.78, 5) is 2.36. The predicted octanol–water partition coefficient (Wildman–Crippen LogP) is 3.54. The van der Waals surface area contributed by atoms with Gasteiger partial charge in [-0.3, -0.25) is 0 Å². The molecule has 0 amide bonds. The van der Waals surface area contributed by atoms with E-state index in [0.717, 1.165) is 36.4 Å². The van der Waals surface area contributed by atoms with Gasteiger partial charge in [-0.15, -0.1) is 0 Å². The lowest BCUT2D eigenvalue weighted by Gasteiger charge is -2.39. The number of fused-ring (bicyclic) bond motifs is 1. The van der Waals surface area contributed by atoms with Gasteiger partial charge in [-0.25, -0.2) is 0 Å². The van der Waals surface area contributed by atoms with E-state index in [0.29, 0.717) is 12.6 Å². The topological polar surface area (TPSA) is 41.9 Å². The summed E-state index contributed by atoms with van der Waals surface area (Å²) in [6.45, 7) is 1.54. The molecule has 0 saturated carbocycles. The summed E-state index contributed by atoms with van der Waals surface area (Å²) in [5.74, 6) is 1.51. The Hall–Kier alpha value is -2.30. The molecule has 3 atom stereocenters. The Bertz CT molecular complexity index is 820. The van der Waals surface area contributed by atoms with Crippen molar-refractivity contribution < 1.29 is 14.6 Å². The Labute approximate surface area is 161 Å². The predicted molar refractivity (Wildman–Crippen MR) is 106 cm³/mol. The summed E-state index contributed by atoms with van der Waals surface area (Å²) < 4.78 is 11.7. The van der Waals surface area contributed by atoms with E-state index in [1.165, 1.54) is 5.56 Å². The Morgan fingerprint density at radius 1 is 1.15 bits per heavy atom. The Kier molecular flexibility index (Phi) is 4.94. The van der Waals surface area contributed by atoms with Gasteiger partial charge in [0, 0.05) is 11.5 Å². The first-order valence-electron chi connectivity index (χ1n) is 9.55. The van der Waals surface area contributed by atoms with Crippen molar-refractivity contribution >= 4 is 0 Å². The second-order valence-corrected chi connectivity index (χ2v) is 7.59. The van der Waals surface area contributed by atoms with E-state index >= 15 is 0 Å². The van der Waals surface area contributed by atoms with E-state index in [1.807, 2.05) is 30.3 Å². The van der Waals surface area contributed by atoms with Crippen molar-refractivity contribution in [2.75, 3.05) is 20.7 Å². The fourth-order valence-corrected chi connectivity index (χ4v) is 4.50. The Morgan fingerprint density at radius 2 is 1.96 bits per heavy atom. The molecule has 0 unspecified atom stereocenters. The van der Waals surface area contributed by atoms with Gasteiger partial charge in [-0.05, 0) is 49.7 Å². The van der Waals surface area contributed by atoms with Crippen LogP contribution in [-0.4, -0.2) is 42.9 Å². The highest BCUT2D eigenvalue weighted by molar-refractivity contribution is 5.49. The molecule has 2 aromatic rings. The van der Waals surface area contributed by atoms with Crippen LogP contribution in [0.2, 0.25) is 0 Å². The zero-order chi connectivity index (χ0) is 18.9. The van der Waals surface area contributed by atoms with Crippen molar-refractivity contribution in [2.45, 2.75) is 37.0 Å². The van der Waals surface area contributed by atoms with Crippen LogP contribution in [0.5, 0.6) is 11.5 Å². The molecule has 2 aromatic carbocycles. The van der Waals surface area contributed by atoms with Gasteiger partial charge in [-0.1, -0.05) is 48.6 Å². The summed E-state index contributed by atoms with van der Waals surface area (Å²) in [6, 6.07) is 16.7. The van der Waals surface area contributed by atoms with Gasteiger partial charge in [0.1, 0.15) is 6.61 Å². The monoisotopic (exact) mass is 365 g/mol. The zero-order valence-corrected chi connectivity index (χ0v) is 16.0. The molecule has 142 valence electrons. The maximum Gasteiger partial charge on any atom is 0.161 e. The largest absolute Gasteiger partial charge is 0.493 e.